The largest absolute Gasteiger partial charge is 0.362 e. The first-order valence-corrected chi connectivity index (χ1v) is 11.3. The summed E-state index contributed by atoms with van der Waals surface area (Å²) in [6.45, 7) is 0.859. The minimum absolute atomic E-state index is 0.182. The van der Waals surface area contributed by atoms with Crippen LogP contribution < -0.4 is 10.6 Å². The number of anilines is 1. The first-order chi connectivity index (χ1) is 14.2. The van der Waals surface area contributed by atoms with Crippen molar-refractivity contribution in [2.24, 2.45) is 0 Å². The molecule has 1 aliphatic rings. The summed E-state index contributed by atoms with van der Waals surface area (Å²) in [5, 5.41) is 8.35. The molecule has 0 spiro atoms. The first kappa shape index (κ1) is 19.9. The minimum Gasteiger partial charge on any atom is -0.362 e. The molecule has 0 unspecified atom stereocenters. The Hall–Kier alpha value is -2.37. The van der Waals surface area contributed by atoms with Gasteiger partial charge in [-0.1, -0.05) is 73.1 Å². The van der Waals surface area contributed by atoms with Crippen molar-refractivity contribution in [1.82, 2.24) is 10.3 Å². The van der Waals surface area contributed by atoms with Crippen LogP contribution in [-0.4, -0.2) is 16.6 Å². The highest BCUT2D eigenvalue weighted by molar-refractivity contribution is 7.99. The second-order valence-electron chi connectivity index (χ2n) is 7.46. The van der Waals surface area contributed by atoms with Crippen LogP contribution in [0.4, 0.5) is 5.69 Å². The summed E-state index contributed by atoms with van der Waals surface area (Å²) in [4.78, 5) is 5.72. The molecule has 148 valence electrons. The number of thiocarbonyl (C=S) groups is 1. The summed E-state index contributed by atoms with van der Waals surface area (Å²) in [7, 11) is 0. The number of pyridine rings is 1. The van der Waals surface area contributed by atoms with E-state index in [4.69, 9.17) is 12.2 Å². The van der Waals surface area contributed by atoms with Gasteiger partial charge < -0.3 is 10.6 Å². The van der Waals surface area contributed by atoms with Gasteiger partial charge in [0, 0.05) is 16.9 Å². The summed E-state index contributed by atoms with van der Waals surface area (Å²) in [6.07, 6.45) is 6.81. The molecule has 2 aromatic carbocycles. The molecule has 1 aliphatic carbocycles. The maximum Gasteiger partial charge on any atom is 0.170 e. The topological polar surface area (TPSA) is 37.0 Å². The Kier molecular flexibility index (Phi) is 6.47. The lowest BCUT2D eigenvalue weighted by molar-refractivity contribution is 0.435. The summed E-state index contributed by atoms with van der Waals surface area (Å²) in [6, 6.07) is 25.1. The SMILES string of the molecule is S=C(NCC1(c2ccccc2)CCCC1)Nc1ccc(Sc2ccccc2)nc1. The lowest BCUT2D eigenvalue weighted by Gasteiger charge is -2.30. The Bertz CT molecular complexity index is 921. The summed E-state index contributed by atoms with van der Waals surface area (Å²) in [5.74, 6) is 0. The van der Waals surface area contributed by atoms with Crippen molar-refractivity contribution in [3.8, 4) is 0 Å². The molecule has 0 atom stereocenters. The molecular weight excluding hydrogens is 394 g/mol. The summed E-state index contributed by atoms with van der Waals surface area (Å²) >= 11 is 7.20. The normalized spacial score (nSPS) is 15.0. The van der Waals surface area contributed by atoms with Gasteiger partial charge in [-0.2, -0.15) is 0 Å². The van der Waals surface area contributed by atoms with Gasteiger partial charge in [0.2, 0.25) is 0 Å². The molecule has 4 rings (SSSR count). The molecule has 1 aromatic heterocycles. The van der Waals surface area contributed by atoms with Crippen molar-refractivity contribution < 1.29 is 0 Å². The van der Waals surface area contributed by atoms with Crippen molar-refractivity contribution in [2.45, 2.75) is 41.0 Å². The van der Waals surface area contributed by atoms with E-state index in [9.17, 15) is 0 Å². The van der Waals surface area contributed by atoms with Gasteiger partial charge in [-0.05, 0) is 54.9 Å². The maximum absolute atomic E-state index is 5.55. The molecular formula is C24H25N3S2. The van der Waals surface area contributed by atoms with Crippen LogP contribution in [0.5, 0.6) is 0 Å². The molecule has 0 bridgehead atoms. The van der Waals surface area contributed by atoms with Gasteiger partial charge in [0.1, 0.15) is 5.03 Å². The van der Waals surface area contributed by atoms with E-state index in [-0.39, 0.29) is 5.41 Å². The van der Waals surface area contributed by atoms with Crippen LogP contribution in [0, 0.1) is 0 Å². The minimum atomic E-state index is 0.182. The molecule has 0 amide bonds. The lowest BCUT2D eigenvalue weighted by Crippen LogP contribution is -2.40. The Morgan fingerprint density at radius 2 is 1.62 bits per heavy atom. The predicted molar refractivity (Wildman–Crippen MR) is 126 cm³/mol. The Morgan fingerprint density at radius 1 is 0.931 bits per heavy atom. The van der Waals surface area contributed by atoms with Gasteiger partial charge in [-0.3, -0.25) is 0 Å². The van der Waals surface area contributed by atoms with Crippen LogP contribution in [0.3, 0.4) is 0 Å². The van der Waals surface area contributed by atoms with Crippen molar-refractivity contribution in [2.75, 3.05) is 11.9 Å². The Morgan fingerprint density at radius 3 is 2.28 bits per heavy atom. The Balaban J connectivity index is 1.33. The summed E-state index contributed by atoms with van der Waals surface area (Å²) < 4.78 is 0. The molecule has 1 heterocycles. The second-order valence-corrected chi connectivity index (χ2v) is 8.96. The van der Waals surface area contributed by atoms with Gasteiger partial charge in [0.15, 0.2) is 5.11 Å². The highest BCUT2D eigenvalue weighted by Gasteiger charge is 2.35. The third-order valence-electron chi connectivity index (χ3n) is 5.49. The second kappa shape index (κ2) is 9.42. The molecule has 2 N–H and O–H groups in total. The third kappa shape index (κ3) is 5.17. The monoisotopic (exact) mass is 419 g/mol. The Labute approximate surface area is 182 Å². The van der Waals surface area contributed by atoms with Gasteiger partial charge in [-0.15, -0.1) is 0 Å². The quantitative estimate of drug-likeness (QED) is 0.477. The van der Waals surface area contributed by atoms with Gasteiger partial charge >= 0.3 is 0 Å². The standard InChI is InChI=1S/C24H25N3S2/c28-23(26-18-24(15-7-8-16-24)19-9-3-1-4-10-19)27-20-13-14-22(25-17-20)29-21-11-5-2-6-12-21/h1-6,9-14,17H,7-8,15-16,18H2,(H2,26,27,28). The van der Waals surface area contributed by atoms with Crippen molar-refractivity contribution in [3.63, 3.8) is 0 Å². The van der Waals surface area contributed by atoms with Gasteiger partial charge in [0.05, 0.1) is 11.9 Å². The van der Waals surface area contributed by atoms with Crippen molar-refractivity contribution in [1.29, 1.82) is 0 Å². The fraction of sp³-hybridized carbons (Fsp3) is 0.250. The van der Waals surface area contributed by atoms with E-state index in [1.54, 1.807) is 11.8 Å². The number of hydrogen-bond acceptors (Lipinski definition) is 3. The first-order valence-electron chi connectivity index (χ1n) is 10.0. The smallest absolute Gasteiger partial charge is 0.170 e. The highest BCUT2D eigenvalue weighted by atomic mass is 32.2. The van der Waals surface area contributed by atoms with E-state index in [1.165, 1.54) is 36.1 Å². The number of rotatable bonds is 6. The number of aromatic nitrogens is 1. The fourth-order valence-electron chi connectivity index (χ4n) is 3.96. The van der Waals surface area contributed by atoms with Crippen LogP contribution in [0.25, 0.3) is 0 Å². The van der Waals surface area contributed by atoms with E-state index in [1.807, 2.05) is 36.5 Å². The fourth-order valence-corrected chi connectivity index (χ4v) is 4.93. The highest BCUT2D eigenvalue weighted by Crippen LogP contribution is 2.40. The predicted octanol–water partition coefficient (Wildman–Crippen LogP) is 6.03. The number of nitrogens with one attached hydrogen (secondary N) is 2. The van der Waals surface area contributed by atoms with E-state index in [0.29, 0.717) is 5.11 Å². The van der Waals surface area contributed by atoms with Gasteiger partial charge in [0.25, 0.3) is 0 Å². The molecule has 1 saturated carbocycles. The van der Waals surface area contributed by atoms with E-state index >= 15 is 0 Å². The number of nitrogens with zero attached hydrogens (tertiary/aromatic N) is 1. The van der Waals surface area contributed by atoms with Crippen LogP contribution in [0.2, 0.25) is 0 Å². The average molecular weight is 420 g/mol. The number of hydrogen-bond donors (Lipinski definition) is 2. The maximum atomic E-state index is 5.55. The van der Waals surface area contributed by atoms with E-state index in [0.717, 1.165) is 17.3 Å². The molecule has 0 radical (unpaired) electrons. The van der Waals surface area contributed by atoms with Crippen LogP contribution in [0.1, 0.15) is 31.2 Å². The summed E-state index contributed by atoms with van der Waals surface area (Å²) in [5.41, 5.74) is 2.50. The van der Waals surface area contributed by atoms with E-state index in [2.05, 4.69) is 58.1 Å². The molecule has 3 nitrogen and oxygen atoms in total. The zero-order chi connectivity index (χ0) is 19.9. The zero-order valence-corrected chi connectivity index (χ0v) is 17.9. The molecule has 1 fully saturated rings. The van der Waals surface area contributed by atoms with Crippen LogP contribution >= 0.6 is 24.0 Å². The van der Waals surface area contributed by atoms with E-state index < -0.39 is 0 Å². The molecule has 0 aliphatic heterocycles. The molecule has 3 aromatic rings. The molecule has 0 saturated heterocycles. The van der Waals surface area contributed by atoms with Crippen LogP contribution in [-0.2, 0) is 5.41 Å². The van der Waals surface area contributed by atoms with Gasteiger partial charge in [-0.25, -0.2) is 4.98 Å². The zero-order valence-electron chi connectivity index (χ0n) is 16.3. The van der Waals surface area contributed by atoms with Crippen molar-refractivity contribution >= 4 is 34.8 Å². The number of benzene rings is 2. The third-order valence-corrected chi connectivity index (χ3v) is 6.70. The lowest BCUT2D eigenvalue weighted by atomic mass is 9.79. The van der Waals surface area contributed by atoms with Crippen molar-refractivity contribution in [3.05, 3.63) is 84.6 Å². The molecule has 5 heteroatoms. The average Bonchev–Trinajstić information content (AvgIpc) is 3.25. The molecule has 29 heavy (non-hydrogen) atoms. The van der Waals surface area contributed by atoms with Crippen LogP contribution in [0.15, 0.2) is 88.9 Å².